The number of carbonyl (C=O) groups is 2. The van der Waals surface area contributed by atoms with E-state index in [0.717, 1.165) is 17.0 Å². The van der Waals surface area contributed by atoms with Crippen LogP contribution in [0.4, 0.5) is 20.2 Å². The fraction of sp³-hybridized carbons (Fsp3) is 0.125. The molecule has 0 spiro atoms. The molecule has 0 saturated carbocycles. The molecule has 0 atom stereocenters. The highest BCUT2D eigenvalue weighted by Gasteiger charge is 2.19. The summed E-state index contributed by atoms with van der Waals surface area (Å²) in [4.78, 5) is 25.0. The molecule has 0 unspecified atom stereocenters. The van der Waals surface area contributed by atoms with E-state index in [1.54, 1.807) is 6.07 Å². The monoisotopic (exact) mass is 372 g/mol. The summed E-state index contributed by atoms with van der Waals surface area (Å²) in [7, 11) is 0. The Balaban J connectivity index is 2.20. The van der Waals surface area contributed by atoms with Crippen LogP contribution in [0.25, 0.3) is 0 Å². The summed E-state index contributed by atoms with van der Waals surface area (Å²) in [5.41, 5.74) is 0.0634. The second kappa shape index (κ2) is 7.59. The number of nitrogens with one attached hydrogen (secondary N) is 1. The van der Waals surface area contributed by atoms with Gasteiger partial charge in [-0.05, 0) is 30.3 Å². The smallest absolute Gasteiger partial charge is 0.244 e. The van der Waals surface area contributed by atoms with E-state index in [0.29, 0.717) is 11.1 Å². The molecule has 2 rings (SSSR count). The van der Waals surface area contributed by atoms with Crippen LogP contribution in [0.1, 0.15) is 6.92 Å². The van der Waals surface area contributed by atoms with Crippen LogP contribution in [-0.4, -0.2) is 18.4 Å². The Morgan fingerprint density at radius 1 is 1.12 bits per heavy atom. The van der Waals surface area contributed by atoms with Gasteiger partial charge < -0.3 is 10.2 Å². The number of anilines is 2. The Hall–Kier alpha value is -2.18. The van der Waals surface area contributed by atoms with Crippen LogP contribution in [0, 0.1) is 11.6 Å². The summed E-state index contributed by atoms with van der Waals surface area (Å²) in [6, 6.07) is 7.22. The van der Waals surface area contributed by atoms with Crippen LogP contribution in [-0.2, 0) is 9.59 Å². The zero-order valence-corrected chi connectivity index (χ0v) is 14.0. The lowest BCUT2D eigenvalue weighted by molar-refractivity contribution is -0.120. The molecule has 0 aromatic heterocycles. The topological polar surface area (TPSA) is 49.4 Å². The molecule has 0 aliphatic carbocycles. The normalized spacial score (nSPS) is 10.4. The van der Waals surface area contributed by atoms with Crippen molar-refractivity contribution in [2.75, 3.05) is 16.8 Å². The van der Waals surface area contributed by atoms with Gasteiger partial charge in [-0.1, -0.05) is 23.2 Å². The van der Waals surface area contributed by atoms with Crippen molar-refractivity contribution in [2.24, 2.45) is 0 Å². The number of amides is 2. The number of hydrogen-bond acceptors (Lipinski definition) is 2. The van der Waals surface area contributed by atoms with E-state index in [-0.39, 0.29) is 16.4 Å². The first-order valence-corrected chi connectivity index (χ1v) is 7.51. The summed E-state index contributed by atoms with van der Waals surface area (Å²) < 4.78 is 26.4. The molecule has 2 amide bonds. The number of nitrogens with zero attached hydrogens (tertiary/aromatic N) is 1. The molecular weight excluding hydrogens is 361 g/mol. The fourth-order valence-corrected chi connectivity index (χ4v) is 2.37. The predicted molar refractivity (Wildman–Crippen MR) is 89.5 cm³/mol. The molecule has 2 aromatic rings. The van der Waals surface area contributed by atoms with E-state index in [1.807, 2.05) is 0 Å². The Bertz CT molecular complexity index is 800. The van der Waals surface area contributed by atoms with Crippen LogP contribution in [0.5, 0.6) is 0 Å². The van der Waals surface area contributed by atoms with E-state index in [9.17, 15) is 18.4 Å². The molecule has 0 bridgehead atoms. The molecular formula is C16H12Cl2F2N2O2. The van der Waals surface area contributed by atoms with Gasteiger partial charge >= 0.3 is 0 Å². The van der Waals surface area contributed by atoms with Crippen molar-refractivity contribution < 1.29 is 18.4 Å². The van der Waals surface area contributed by atoms with Gasteiger partial charge in [-0.25, -0.2) is 8.78 Å². The lowest BCUT2D eigenvalue weighted by Crippen LogP contribution is -2.37. The first kappa shape index (κ1) is 18.2. The molecule has 2 aromatic carbocycles. The standard InChI is InChI=1S/C16H12Cl2F2N2O2/c1-9(23)22(15-6-10(17)2-4-12(15)18)8-16(24)21-14-5-3-11(19)7-13(14)20/h2-7H,8H2,1H3,(H,21,24). The molecule has 0 fully saturated rings. The van der Waals surface area contributed by atoms with Crippen LogP contribution >= 0.6 is 23.2 Å². The summed E-state index contributed by atoms with van der Waals surface area (Å²) >= 11 is 11.9. The number of rotatable bonds is 4. The van der Waals surface area contributed by atoms with E-state index in [1.165, 1.54) is 19.1 Å². The molecule has 126 valence electrons. The van der Waals surface area contributed by atoms with Gasteiger partial charge in [0.2, 0.25) is 11.8 Å². The summed E-state index contributed by atoms with van der Waals surface area (Å²) in [6.07, 6.45) is 0. The van der Waals surface area contributed by atoms with Crippen molar-refractivity contribution in [1.29, 1.82) is 0 Å². The Labute approximate surface area is 147 Å². The Morgan fingerprint density at radius 3 is 2.46 bits per heavy atom. The number of hydrogen-bond donors (Lipinski definition) is 1. The molecule has 0 saturated heterocycles. The van der Waals surface area contributed by atoms with E-state index in [2.05, 4.69) is 5.32 Å². The lowest BCUT2D eigenvalue weighted by Gasteiger charge is -2.22. The number of carbonyl (C=O) groups excluding carboxylic acids is 2. The first-order chi connectivity index (χ1) is 11.3. The molecule has 24 heavy (non-hydrogen) atoms. The second-order valence-electron chi connectivity index (χ2n) is 4.87. The quantitative estimate of drug-likeness (QED) is 0.871. The van der Waals surface area contributed by atoms with Crippen LogP contribution in [0.3, 0.4) is 0 Å². The van der Waals surface area contributed by atoms with Crippen molar-refractivity contribution in [1.82, 2.24) is 0 Å². The van der Waals surface area contributed by atoms with Gasteiger partial charge in [0, 0.05) is 18.0 Å². The average molecular weight is 373 g/mol. The van der Waals surface area contributed by atoms with Gasteiger partial charge in [-0.2, -0.15) is 0 Å². The maximum atomic E-state index is 13.6. The van der Waals surface area contributed by atoms with E-state index >= 15 is 0 Å². The van der Waals surface area contributed by atoms with Gasteiger partial charge in [0.15, 0.2) is 0 Å². The zero-order chi connectivity index (χ0) is 17.9. The van der Waals surface area contributed by atoms with Gasteiger partial charge in [0.05, 0.1) is 16.4 Å². The largest absolute Gasteiger partial charge is 0.322 e. The number of halogens is 4. The number of benzene rings is 2. The minimum atomic E-state index is -0.918. The van der Waals surface area contributed by atoms with Crippen LogP contribution < -0.4 is 10.2 Å². The average Bonchev–Trinajstić information content (AvgIpc) is 2.50. The van der Waals surface area contributed by atoms with Gasteiger partial charge in [0.25, 0.3) is 0 Å². The highest BCUT2D eigenvalue weighted by molar-refractivity contribution is 6.35. The molecule has 0 aliphatic rings. The summed E-state index contributed by atoms with van der Waals surface area (Å²) in [5.74, 6) is -2.80. The minimum absolute atomic E-state index is 0.193. The van der Waals surface area contributed by atoms with Crippen LogP contribution in [0.15, 0.2) is 36.4 Å². The fourth-order valence-electron chi connectivity index (χ4n) is 1.98. The van der Waals surface area contributed by atoms with Crippen molar-refractivity contribution in [3.05, 3.63) is 58.1 Å². The molecule has 8 heteroatoms. The Kier molecular flexibility index (Phi) is 5.75. The highest BCUT2D eigenvalue weighted by atomic mass is 35.5. The molecule has 0 heterocycles. The third kappa shape index (κ3) is 4.43. The molecule has 4 nitrogen and oxygen atoms in total. The molecule has 1 N–H and O–H groups in total. The van der Waals surface area contributed by atoms with Crippen molar-refractivity contribution in [2.45, 2.75) is 6.92 Å². The lowest BCUT2D eigenvalue weighted by atomic mass is 10.2. The predicted octanol–water partition coefficient (Wildman–Crippen LogP) is 4.26. The van der Waals surface area contributed by atoms with Gasteiger partial charge in [-0.3, -0.25) is 9.59 Å². The third-order valence-corrected chi connectivity index (χ3v) is 3.64. The molecule has 0 aliphatic heterocycles. The van der Waals surface area contributed by atoms with E-state index in [4.69, 9.17) is 23.2 Å². The molecule has 0 radical (unpaired) electrons. The zero-order valence-electron chi connectivity index (χ0n) is 12.4. The highest BCUT2D eigenvalue weighted by Crippen LogP contribution is 2.29. The van der Waals surface area contributed by atoms with Crippen LogP contribution in [0.2, 0.25) is 10.0 Å². The van der Waals surface area contributed by atoms with Gasteiger partial charge in [0.1, 0.15) is 18.2 Å². The third-order valence-electron chi connectivity index (χ3n) is 3.09. The van der Waals surface area contributed by atoms with Crippen molar-refractivity contribution in [3.8, 4) is 0 Å². The van der Waals surface area contributed by atoms with Gasteiger partial charge in [-0.15, -0.1) is 0 Å². The van der Waals surface area contributed by atoms with Crippen molar-refractivity contribution >= 4 is 46.4 Å². The summed E-state index contributed by atoms with van der Waals surface area (Å²) in [5, 5.41) is 2.85. The maximum Gasteiger partial charge on any atom is 0.244 e. The van der Waals surface area contributed by atoms with Crippen molar-refractivity contribution in [3.63, 3.8) is 0 Å². The maximum absolute atomic E-state index is 13.6. The second-order valence-corrected chi connectivity index (χ2v) is 5.72. The first-order valence-electron chi connectivity index (χ1n) is 6.76. The summed E-state index contributed by atoms with van der Waals surface area (Å²) in [6.45, 7) is 0.842. The van der Waals surface area contributed by atoms with E-state index < -0.39 is 30.0 Å². The SMILES string of the molecule is CC(=O)N(CC(=O)Nc1ccc(F)cc1F)c1cc(Cl)ccc1Cl. The Morgan fingerprint density at radius 2 is 1.83 bits per heavy atom. The minimum Gasteiger partial charge on any atom is -0.322 e.